The Morgan fingerprint density at radius 3 is 2.40 bits per heavy atom. The standard InChI is InChI=1S/C13H15N3O4/c1-13(2,3)14-8-11(17)15(12(14)18)9-5-4-6-10(7-9)16(19)20/h4-7H,8H2,1-3H3. The zero-order chi connectivity index (χ0) is 15.1. The van der Waals surface area contributed by atoms with Crippen LogP contribution in [0.3, 0.4) is 0 Å². The summed E-state index contributed by atoms with van der Waals surface area (Å²) in [4.78, 5) is 36.9. The number of non-ortho nitro benzene ring substituents is 1. The van der Waals surface area contributed by atoms with Crippen LogP contribution in [0.5, 0.6) is 0 Å². The highest BCUT2D eigenvalue weighted by Crippen LogP contribution is 2.28. The van der Waals surface area contributed by atoms with Crippen LogP contribution in [0.2, 0.25) is 0 Å². The average molecular weight is 277 g/mol. The van der Waals surface area contributed by atoms with Crippen LogP contribution in [0.25, 0.3) is 0 Å². The largest absolute Gasteiger partial charge is 0.332 e. The predicted octanol–water partition coefficient (Wildman–Crippen LogP) is 2.16. The summed E-state index contributed by atoms with van der Waals surface area (Å²) in [7, 11) is 0. The van der Waals surface area contributed by atoms with Gasteiger partial charge in [0, 0.05) is 17.7 Å². The second-order valence-corrected chi connectivity index (χ2v) is 5.55. The number of nitro groups is 1. The van der Waals surface area contributed by atoms with Crippen LogP contribution in [-0.2, 0) is 4.79 Å². The fourth-order valence-electron chi connectivity index (χ4n) is 2.03. The maximum atomic E-state index is 12.3. The van der Waals surface area contributed by atoms with Gasteiger partial charge in [-0.1, -0.05) is 6.07 Å². The lowest BCUT2D eigenvalue weighted by Gasteiger charge is -2.30. The molecule has 0 bridgehead atoms. The van der Waals surface area contributed by atoms with E-state index in [0.29, 0.717) is 0 Å². The van der Waals surface area contributed by atoms with Crippen molar-refractivity contribution in [3.63, 3.8) is 0 Å². The Balaban J connectivity index is 2.38. The molecule has 7 nitrogen and oxygen atoms in total. The molecule has 0 unspecified atom stereocenters. The first-order valence-electron chi connectivity index (χ1n) is 6.11. The van der Waals surface area contributed by atoms with Gasteiger partial charge in [0.1, 0.15) is 6.54 Å². The quantitative estimate of drug-likeness (QED) is 0.471. The molecule has 1 fully saturated rings. The Bertz CT molecular complexity index is 592. The van der Waals surface area contributed by atoms with E-state index in [1.807, 2.05) is 20.8 Å². The molecule has 0 aliphatic carbocycles. The number of carbonyl (C=O) groups is 2. The van der Waals surface area contributed by atoms with Gasteiger partial charge in [-0.05, 0) is 26.8 Å². The van der Waals surface area contributed by atoms with Gasteiger partial charge in [-0.25, -0.2) is 9.69 Å². The number of anilines is 1. The minimum Gasteiger partial charge on any atom is -0.310 e. The molecule has 1 heterocycles. The Hall–Kier alpha value is -2.44. The third-order valence-electron chi connectivity index (χ3n) is 3.07. The van der Waals surface area contributed by atoms with E-state index in [2.05, 4.69) is 0 Å². The second-order valence-electron chi connectivity index (χ2n) is 5.55. The summed E-state index contributed by atoms with van der Waals surface area (Å²) in [6, 6.07) is 5.05. The fraction of sp³-hybridized carbons (Fsp3) is 0.385. The number of nitrogens with zero attached hydrogens (tertiary/aromatic N) is 3. The molecule has 20 heavy (non-hydrogen) atoms. The number of imide groups is 1. The van der Waals surface area contributed by atoms with Crippen LogP contribution in [0.15, 0.2) is 24.3 Å². The molecule has 1 aromatic rings. The zero-order valence-corrected chi connectivity index (χ0v) is 11.5. The van der Waals surface area contributed by atoms with Gasteiger partial charge in [0.25, 0.3) is 11.6 Å². The number of nitro benzene ring substituents is 1. The molecule has 1 saturated heterocycles. The normalized spacial score (nSPS) is 15.9. The summed E-state index contributed by atoms with van der Waals surface area (Å²) < 4.78 is 0. The fourth-order valence-corrected chi connectivity index (χ4v) is 2.03. The van der Waals surface area contributed by atoms with E-state index >= 15 is 0 Å². The van der Waals surface area contributed by atoms with Crippen LogP contribution < -0.4 is 4.90 Å². The highest BCUT2D eigenvalue weighted by Gasteiger charge is 2.42. The van der Waals surface area contributed by atoms with Gasteiger partial charge in [-0.3, -0.25) is 14.9 Å². The van der Waals surface area contributed by atoms with E-state index in [9.17, 15) is 19.7 Å². The molecule has 0 N–H and O–H groups in total. The zero-order valence-electron chi connectivity index (χ0n) is 11.5. The summed E-state index contributed by atoms with van der Waals surface area (Å²) in [5.41, 5.74) is -0.416. The third-order valence-corrected chi connectivity index (χ3v) is 3.07. The summed E-state index contributed by atoms with van der Waals surface area (Å²) in [6.07, 6.45) is 0. The Morgan fingerprint density at radius 1 is 1.25 bits per heavy atom. The molecule has 2 rings (SSSR count). The minimum absolute atomic E-state index is 0.0228. The first kappa shape index (κ1) is 14.0. The molecular weight excluding hydrogens is 262 g/mol. The molecule has 3 amide bonds. The highest BCUT2D eigenvalue weighted by atomic mass is 16.6. The van der Waals surface area contributed by atoms with Crippen molar-refractivity contribution in [2.45, 2.75) is 26.3 Å². The predicted molar refractivity (Wildman–Crippen MR) is 72.4 cm³/mol. The van der Waals surface area contributed by atoms with Crippen LogP contribution in [0, 0.1) is 10.1 Å². The smallest absolute Gasteiger partial charge is 0.310 e. The van der Waals surface area contributed by atoms with Crippen molar-refractivity contribution in [2.75, 3.05) is 11.4 Å². The van der Waals surface area contributed by atoms with Crippen LogP contribution >= 0.6 is 0 Å². The Morgan fingerprint density at radius 2 is 1.90 bits per heavy atom. The summed E-state index contributed by atoms with van der Waals surface area (Å²) in [6.45, 7) is 5.46. The van der Waals surface area contributed by atoms with Gasteiger partial charge in [-0.15, -0.1) is 0 Å². The molecular formula is C13H15N3O4. The van der Waals surface area contributed by atoms with E-state index in [1.54, 1.807) is 0 Å². The minimum atomic E-state index is -0.559. The van der Waals surface area contributed by atoms with Crippen molar-refractivity contribution in [2.24, 2.45) is 0 Å². The van der Waals surface area contributed by atoms with Gasteiger partial charge in [0.2, 0.25) is 0 Å². The number of urea groups is 1. The molecule has 0 aromatic heterocycles. The lowest BCUT2D eigenvalue weighted by molar-refractivity contribution is -0.384. The molecule has 0 radical (unpaired) electrons. The lowest BCUT2D eigenvalue weighted by atomic mass is 10.1. The van der Waals surface area contributed by atoms with Gasteiger partial charge in [0.15, 0.2) is 0 Å². The van der Waals surface area contributed by atoms with Crippen LogP contribution in [-0.4, -0.2) is 33.8 Å². The molecule has 1 aromatic carbocycles. The van der Waals surface area contributed by atoms with Gasteiger partial charge in [-0.2, -0.15) is 0 Å². The van der Waals surface area contributed by atoms with Gasteiger partial charge >= 0.3 is 6.03 Å². The van der Waals surface area contributed by atoms with Gasteiger partial charge in [0.05, 0.1) is 10.6 Å². The Kier molecular flexibility index (Phi) is 3.21. The van der Waals surface area contributed by atoms with E-state index in [4.69, 9.17) is 0 Å². The van der Waals surface area contributed by atoms with Crippen molar-refractivity contribution in [3.05, 3.63) is 34.4 Å². The maximum absolute atomic E-state index is 12.3. The van der Waals surface area contributed by atoms with E-state index in [0.717, 1.165) is 4.90 Å². The van der Waals surface area contributed by atoms with Crippen molar-refractivity contribution >= 4 is 23.3 Å². The van der Waals surface area contributed by atoms with Crippen molar-refractivity contribution in [1.82, 2.24) is 4.90 Å². The summed E-state index contributed by atoms with van der Waals surface area (Å²) in [5, 5.41) is 10.8. The van der Waals surface area contributed by atoms with Gasteiger partial charge < -0.3 is 4.90 Å². The summed E-state index contributed by atoms with van der Waals surface area (Å²) in [5.74, 6) is -0.384. The highest BCUT2D eigenvalue weighted by molar-refractivity contribution is 6.20. The summed E-state index contributed by atoms with van der Waals surface area (Å²) >= 11 is 0. The van der Waals surface area contributed by atoms with Crippen molar-refractivity contribution < 1.29 is 14.5 Å². The molecule has 0 atom stereocenters. The second kappa shape index (κ2) is 4.59. The van der Waals surface area contributed by atoms with Crippen molar-refractivity contribution in [1.29, 1.82) is 0 Å². The number of benzene rings is 1. The Labute approximate surface area is 115 Å². The number of carbonyl (C=O) groups excluding carboxylic acids is 2. The molecule has 7 heteroatoms. The first-order chi connectivity index (χ1) is 9.21. The number of amides is 3. The SMILES string of the molecule is CC(C)(C)N1CC(=O)N(c2cccc([N+](=O)[O-])c2)C1=O. The monoisotopic (exact) mass is 277 g/mol. The van der Waals surface area contributed by atoms with Crippen LogP contribution in [0.1, 0.15) is 20.8 Å². The van der Waals surface area contributed by atoms with E-state index in [1.165, 1.54) is 29.2 Å². The average Bonchev–Trinajstić information content (AvgIpc) is 2.65. The van der Waals surface area contributed by atoms with E-state index < -0.39 is 16.5 Å². The lowest BCUT2D eigenvalue weighted by Crippen LogP contribution is -2.44. The molecule has 1 aliphatic rings. The third kappa shape index (κ3) is 2.34. The van der Waals surface area contributed by atoms with Crippen LogP contribution in [0.4, 0.5) is 16.2 Å². The van der Waals surface area contributed by atoms with E-state index in [-0.39, 0.29) is 23.8 Å². The molecule has 0 saturated carbocycles. The first-order valence-corrected chi connectivity index (χ1v) is 6.11. The maximum Gasteiger partial charge on any atom is 0.332 e. The topological polar surface area (TPSA) is 83.8 Å². The molecule has 0 spiro atoms. The number of rotatable bonds is 2. The molecule has 106 valence electrons. The number of hydrogen-bond acceptors (Lipinski definition) is 4. The number of hydrogen-bond donors (Lipinski definition) is 0. The molecule has 1 aliphatic heterocycles. The van der Waals surface area contributed by atoms with Crippen molar-refractivity contribution in [3.8, 4) is 0 Å².